The molecule has 3 aromatic heterocycles. The second-order valence-electron chi connectivity index (χ2n) is 10.8. The SMILES string of the molecule is CC(C)c1ccc2sc3c(-c4ccc(-c5nnc6c7ccccc7ccn56)cc4)cc(C(C)C)cc3c2c1. The van der Waals surface area contributed by atoms with E-state index in [4.69, 9.17) is 0 Å². The Bertz CT molecular complexity index is 1970. The van der Waals surface area contributed by atoms with Gasteiger partial charge in [-0.2, -0.15) is 0 Å². The fraction of sp³-hybridized carbons (Fsp3) is 0.176. The van der Waals surface area contributed by atoms with Crippen LogP contribution in [0, 0.1) is 0 Å². The average Bonchev–Trinajstić information content (AvgIpc) is 3.54. The van der Waals surface area contributed by atoms with E-state index in [0.29, 0.717) is 11.8 Å². The zero-order valence-electron chi connectivity index (χ0n) is 22.1. The Morgan fingerprint density at radius 2 is 1.39 bits per heavy atom. The van der Waals surface area contributed by atoms with Crippen LogP contribution in [0.1, 0.15) is 50.7 Å². The summed E-state index contributed by atoms with van der Waals surface area (Å²) in [7, 11) is 0. The molecule has 7 rings (SSSR count). The summed E-state index contributed by atoms with van der Waals surface area (Å²) in [4.78, 5) is 0. The van der Waals surface area contributed by atoms with Gasteiger partial charge >= 0.3 is 0 Å². The highest BCUT2D eigenvalue weighted by Crippen LogP contribution is 2.43. The van der Waals surface area contributed by atoms with Crippen molar-refractivity contribution >= 4 is 47.9 Å². The molecule has 0 radical (unpaired) electrons. The van der Waals surface area contributed by atoms with E-state index >= 15 is 0 Å². The highest BCUT2D eigenvalue weighted by atomic mass is 32.1. The summed E-state index contributed by atoms with van der Waals surface area (Å²) in [5.74, 6) is 1.83. The molecule has 0 N–H and O–H groups in total. The quantitative estimate of drug-likeness (QED) is 0.235. The molecule has 3 nitrogen and oxygen atoms in total. The third-order valence-corrected chi connectivity index (χ3v) is 8.93. The molecule has 0 saturated carbocycles. The van der Waals surface area contributed by atoms with Crippen molar-refractivity contribution in [2.45, 2.75) is 39.5 Å². The van der Waals surface area contributed by atoms with E-state index in [9.17, 15) is 0 Å². The lowest BCUT2D eigenvalue weighted by atomic mass is 9.93. The second kappa shape index (κ2) is 8.78. The Hall–Kier alpha value is -4.02. The average molecular weight is 512 g/mol. The van der Waals surface area contributed by atoms with Crippen molar-refractivity contribution in [3.8, 4) is 22.5 Å². The van der Waals surface area contributed by atoms with Crippen LogP contribution in [0.4, 0.5) is 0 Å². The Morgan fingerprint density at radius 1 is 0.658 bits per heavy atom. The summed E-state index contributed by atoms with van der Waals surface area (Å²) in [5.41, 5.74) is 7.26. The molecule has 0 aliphatic heterocycles. The van der Waals surface area contributed by atoms with Crippen LogP contribution < -0.4 is 0 Å². The topological polar surface area (TPSA) is 30.2 Å². The highest BCUT2D eigenvalue weighted by Gasteiger charge is 2.16. The number of aromatic nitrogens is 3. The molecule has 4 aromatic carbocycles. The van der Waals surface area contributed by atoms with E-state index in [1.54, 1.807) is 0 Å². The van der Waals surface area contributed by atoms with Gasteiger partial charge in [0.25, 0.3) is 0 Å². The van der Waals surface area contributed by atoms with Gasteiger partial charge in [0.15, 0.2) is 11.5 Å². The van der Waals surface area contributed by atoms with Crippen LogP contribution in [0.3, 0.4) is 0 Å². The van der Waals surface area contributed by atoms with Gasteiger partial charge in [-0.3, -0.25) is 4.40 Å². The summed E-state index contributed by atoms with van der Waals surface area (Å²) < 4.78 is 4.80. The molecule has 0 aliphatic rings. The van der Waals surface area contributed by atoms with E-state index in [0.717, 1.165) is 22.4 Å². The van der Waals surface area contributed by atoms with Crippen molar-refractivity contribution in [2.75, 3.05) is 0 Å². The number of pyridine rings is 1. The maximum Gasteiger partial charge on any atom is 0.168 e. The fourth-order valence-electron chi connectivity index (χ4n) is 5.44. The Morgan fingerprint density at radius 3 is 2.18 bits per heavy atom. The summed E-state index contributed by atoms with van der Waals surface area (Å²) >= 11 is 1.90. The first-order valence-corrected chi connectivity index (χ1v) is 14.1. The number of nitrogens with zero attached hydrogens (tertiary/aromatic N) is 3. The van der Waals surface area contributed by atoms with Gasteiger partial charge in [-0.15, -0.1) is 21.5 Å². The number of thiophene rings is 1. The van der Waals surface area contributed by atoms with Crippen molar-refractivity contribution in [1.29, 1.82) is 0 Å². The van der Waals surface area contributed by atoms with Crippen LogP contribution in [-0.4, -0.2) is 14.6 Å². The number of benzene rings is 4. The van der Waals surface area contributed by atoms with Crippen LogP contribution in [0.15, 0.2) is 91.1 Å². The van der Waals surface area contributed by atoms with Crippen LogP contribution >= 0.6 is 11.3 Å². The van der Waals surface area contributed by atoms with E-state index in [2.05, 4.69) is 133 Å². The monoisotopic (exact) mass is 511 g/mol. The first-order valence-electron chi connectivity index (χ1n) is 13.3. The number of rotatable bonds is 4. The lowest BCUT2D eigenvalue weighted by Crippen LogP contribution is -1.91. The largest absolute Gasteiger partial charge is 0.282 e. The van der Waals surface area contributed by atoms with E-state index in [1.807, 2.05) is 11.3 Å². The molecule has 0 aliphatic carbocycles. The highest BCUT2D eigenvalue weighted by molar-refractivity contribution is 7.26. The smallest absolute Gasteiger partial charge is 0.168 e. The first-order chi connectivity index (χ1) is 18.5. The molecular formula is C34H29N3S. The zero-order chi connectivity index (χ0) is 26.0. The Kier molecular flexibility index (Phi) is 5.34. The Balaban J connectivity index is 1.37. The standard InChI is InChI=1S/C34H29N3S/c1-20(2)25-13-14-31-29(17-25)30-19-26(21(3)4)18-28(32(30)38-31)23-9-11-24(12-10-23)33-35-36-34-27-8-6-5-7-22(27)15-16-37(33)34/h5-21H,1-4H3. The predicted molar refractivity (Wildman–Crippen MR) is 162 cm³/mol. The van der Waals surface area contributed by atoms with Gasteiger partial charge in [0.05, 0.1) is 0 Å². The van der Waals surface area contributed by atoms with E-state index < -0.39 is 0 Å². The van der Waals surface area contributed by atoms with Crippen molar-refractivity contribution in [3.63, 3.8) is 0 Å². The minimum Gasteiger partial charge on any atom is -0.282 e. The molecule has 0 unspecified atom stereocenters. The third kappa shape index (κ3) is 3.63. The van der Waals surface area contributed by atoms with Crippen molar-refractivity contribution in [3.05, 3.63) is 102 Å². The van der Waals surface area contributed by atoms with Gasteiger partial charge in [0.1, 0.15) is 0 Å². The molecule has 0 saturated heterocycles. The molecule has 7 aromatic rings. The summed E-state index contributed by atoms with van der Waals surface area (Å²) in [5, 5.41) is 14.1. The summed E-state index contributed by atoms with van der Waals surface area (Å²) in [6, 6.07) is 31.1. The van der Waals surface area contributed by atoms with Crippen LogP contribution in [0.5, 0.6) is 0 Å². The third-order valence-electron chi connectivity index (χ3n) is 7.71. The van der Waals surface area contributed by atoms with Crippen LogP contribution in [0.2, 0.25) is 0 Å². The molecule has 0 bridgehead atoms. The molecule has 0 amide bonds. The van der Waals surface area contributed by atoms with E-state index in [1.165, 1.54) is 47.8 Å². The lowest BCUT2D eigenvalue weighted by molar-refractivity contribution is 0.868. The maximum absolute atomic E-state index is 4.57. The van der Waals surface area contributed by atoms with Gasteiger partial charge in [-0.05, 0) is 69.8 Å². The van der Waals surface area contributed by atoms with Crippen LogP contribution in [0.25, 0.3) is 59.1 Å². The fourth-order valence-corrected chi connectivity index (χ4v) is 6.64. The lowest BCUT2D eigenvalue weighted by Gasteiger charge is -2.12. The van der Waals surface area contributed by atoms with E-state index in [-0.39, 0.29) is 0 Å². The first kappa shape index (κ1) is 23.1. The molecule has 3 heterocycles. The van der Waals surface area contributed by atoms with Gasteiger partial charge in [0.2, 0.25) is 0 Å². The van der Waals surface area contributed by atoms with Crippen molar-refractivity contribution in [1.82, 2.24) is 14.6 Å². The molecule has 0 spiro atoms. The number of hydrogen-bond acceptors (Lipinski definition) is 3. The van der Waals surface area contributed by atoms with Crippen LogP contribution in [-0.2, 0) is 0 Å². The second-order valence-corrected chi connectivity index (χ2v) is 11.9. The maximum atomic E-state index is 4.57. The minimum atomic E-state index is 0.456. The molecular weight excluding hydrogens is 482 g/mol. The minimum absolute atomic E-state index is 0.456. The Labute approximate surface area is 226 Å². The number of fused-ring (bicyclic) bond motifs is 6. The van der Waals surface area contributed by atoms with Gasteiger partial charge in [0, 0.05) is 37.3 Å². The number of hydrogen-bond donors (Lipinski definition) is 0. The van der Waals surface area contributed by atoms with Gasteiger partial charge in [-0.1, -0.05) is 82.3 Å². The normalized spacial score (nSPS) is 12.2. The van der Waals surface area contributed by atoms with Gasteiger partial charge in [-0.25, -0.2) is 0 Å². The molecule has 0 atom stereocenters. The van der Waals surface area contributed by atoms with Crippen molar-refractivity contribution < 1.29 is 0 Å². The summed E-state index contributed by atoms with van der Waals surface area (Å²) in [6.07, 6.45) is 2.07. The molecule has 0 fully saturated rings. The molecule has 186 valence electrons. The molecule has 4 heteroatoms. The van der Waals surface area contributed by atoms with Gasteiger partial charge < -0.3 is 0 Å². The van der Waals surface area contributed by atoms with Crippen molar-refractivity contribution in [2.24, 2.45) is 0 Å². The summed E-state index contributed by atoms with van der Waals surface area (Å²) in [6.45, 7) is 9.09. The molecule has 38 heavy (non-hydrogen) atoms. The zero-order valence-corrected chi connectivity index (χ0v) is 22.9. The predicted octanol–water partition coefficient (Wildman–Crippen LogP) is 9.83.